The molecule has 0 N–H and O–H groups in total. The largest absolute Gasteiger partial charge is 0.489 e. The van der Waals surface area contributed by atoms with Gasteiger partial charge >= 0.3 is 5.97 Å². The van der Waals surface area contributed by atoms with E-state index in [1.165, 1.54) is 0 Å². The van der Waals surface area contributed by atoms with Crippen LogP contribution in [0.25, 0.3) is 0 Å². The minimum atomic E-state index is -0.308. The van der Waals surface area contributed by atoms with E-state index >= 15 is 0 Å². The van der Waals surface area contributed by atoms with Crippen LogP contribution in [0.1, 0.15) is 30.6 Å². The molecule has 0 bridgehead atoms. The lowest BCUT2D eigenvalue weighted by molar-refractivity contribution is -0.146. The highest BCUT2D eigenvalue weighted by Gasteiger charge is 2.16. The van der Waals surface area contributed by atoms with E-state index in [4.69, 9.17) is 14.2 Å². The predicted molar refractivity (Wildman–Crippen MR) is 88.2 cm³/mol. The number of rotatable bonds is 8. The molecule has 1 atom stereocenters. The highest BCUT2D eigenvalue weighted by molar-refractivity contribution is 5.70. The van der Waals surface area contributed by atoms with Crippen molar-refractivity contribution in [2.24, 2.45) is 0 Å². The van der Waals surface area contributed by atoms with Gasteiger partial charge in [-0.25, -0.2) is 0 Å². The average Bonchev–Trinajstić information content (AvgIpc) is 2.59. The van der Waals surface area contributed by atoms with E-state index < -0.39 is 0 Å². The van der Waals surface area contributed by atoms with Gasteiger partial charge in [0, 0.05) is 7.11 Å². The molecule has 4 heteroatoms. The second-order valence-corrected chi connectivity index (χ2v) is 5.08. The number of ether oxygens (including phenoxy) is 3. The summed E-state index contributed by atoms with van der Waals surface area (Å²) in [5.74, 6) is 0.521. The van der Waals surface area contributed by atoms with E-state index in [0.717, 1.165) is 16.9 Å². The SMILES string of the molecule is CCOC(=O)CC(OC)c1ccc(OCc2ccccc2)cc1. The van der Waals surface area contributed by atoms with Crippen LogP contribution in [0.3, 0.4) is 0 Å². The quantitative estimate of drug-likeness (QED) is 0.693. The molecule has 4 nitrogen and oxygen atoms in total. The summed E-state index contributed by atoms with van der Waals surface area (Å²) in [5, 5.41) is 0. The summed E-state index contributed by atoms with van der Waals surface area (Å²) >= 11 is 0. The number of hydrogen-bond donors (Lipinski definition) is 0. The van der Waals surface area contributed by atoms with Crippen LogP contribution >= 0.6 is 0 Å². The van der Waals surface area contributed by atoms with Crippen LogP contribution in [0.5, 0.6) is 5.75 Å². The Kier molecular flexibility index (Phi) is 6.63. The van der Waals surface area contributed by atoms with Gasteiger partial charge in [-0.05, 0) is 30.2 Å². The fourth-order valence-electron chi connectivity index (χ4n) is 2.23. The first-order chi connectivity index (χ1) is 11.2. The summed E-state index contributed by atoms with van der Waals surface area (Å²) in [5.41, 5.74) is 2.04. The van der Waals surface area contributed by atoms with Gasteiger partial charge in [0.15, 0.2) is 0 Å². The number of methoxy groups -OCH3 is 1. The molecule has 0 saturated heterocycles. The summed E-state index contributed by atoms with van der Waals surface area (Å²) in [6, 6.07) is 17.6. The molecule has 0 aliphatic carbocycles. The smallest absolute Gasteiger partial charge is 0.308 e. The molecule has 0 amide bonds. The van der Waals surface area contributed by atoms with Crippen molar-refractivity contribution in [3.8, 4) is 5.75 Å². The number of carbonyl (C=O) groups is 1. The van der Waals surface area contributed by atoms with Crippen molar-refractivity contribution in [3.63, 3.8) is 0 Å². The number of esters is 1. The minimum absolute atomic E-state index is 0.203. The van der Waals surface area contributed by atoms with Gasteiger partial charge < -0.3 is 14.2 Å². The van der Waals surface area contributed by atoms with Crippen LogP contribution in [-0.4, -0.2) is 19.7 Å². The Balaban J connectivity index is 1.93. The first-order valence-electron chi connectivity index (χ1n) is 7.68. The normalized spacial score (nSPS) is 11.7. The fraction of sp³-hybridized carbons (Fsp3) is 0.316. The Morgan fingerprint density at radius 1 is 1.04 bits per heavy atom. The van der Waals surface area contributed by atoms with Gasteiger partial charge in [0.2, 0.25) is 0 Å². The van der Waals surface area contributed by atoms with Gasteiger partial charge in [-0.1, -0.05) is 42.5 Å². The molecular weight excluding hydrogens is 292 g/mol. The fourth-order valence-corrected chi connectivity index (χ4v) is 2.23. The minimum Gasteiger partial charge on any atom is -0.489 e. The molecule has 0 fully saturated rings. The Bertz CT molecular complexity index is 593. The van der Waals surface area contributed by atoms with Gasteiger partial charge in [0.25, 0.3) is 0 Å². The molecule has 122 valence electrons. The van der Waals surface area contributed by atoms with Gasteiger partial charge in [0.05, 0.1) is 19.1 Å². The van der Waals surface area contributed by atoms with E-state index in [2.05, 4.69) is 0 Å². The first-order valence-corrected chi connectivity index (χ1v) is 7.68. The molecule has 0 aliphatic rings. The van der Waals surface area contributed by atoms with E-state index in [9.17, 15) is 4.79 Å². The summed E-state index contributed by atoms with van der Waals surface area (Å²) in [6.07, 6.45) is -0.105. The second kappa shape index (κ2) is 8.96. The number of benzene rings is 2. The standard InChI is InChI=1S/C19H22O4/c1-3-22-19(20)13-18(21-2)16-9-11-17(12-10-16)23-14-15-7-5-4-6-8-15/h4-12,18H,3,13-14H2,1-2H3. The van der Waals surface area contributed by atoms with Crippen molar-refractivity contribution >= 4 is 5.97 Å². The van der Waals surface area contributed by atoms with Crippen molar-refractivity contribution in [3.05, 3.63) is 65.7 Å². The molecule has 2 rings (SSSR count). The number of hydrogen-bond acceptors (Lipinski definition) is 4. The maximum atomic E-state index is 11.6. The van der Waals surface area contributed by atoms with Crippen molar-refractivity contribution in [1.82, 2.24) is 0 Å². The first kappa shape index (κ1) is 17.0. The topological polar surface area (TPSA) is 44.8 Å². The molecule has 0 radical (unpaired) electrons. The molecule has 2 aromatic carbocycles. The zero-order valence-corrected chi connectivity index (χ0v) is 13.5. The van der Waals surface area contributed by atoms with Crippen LogP contribution in [-0.2, 0) is 20.9 Å². The summed E-state index contributed by atoms with van der Waals surface area (Å²) in [7, 11) is 1.59. The predicted octanol–water partition coefficient (Wildman–Crippen LogP) is 3.91. The molecule has 0 saturated carbocycles. The lowest BCUT2D eigenvalue weighted by Gasteiger charge is -2.15. The monoisotopic (exact) mass is 314 g/mol. The van der Waals surface area contributed by atoms with Crippen LogP contribution in [0.15, 0.2) is 54.6 Å². The van der Waals surface area contributed by atoms with Gasteiger partial charge in [-0.3, -0.25) is 4.79 Å². The maximum absolute atomic E-state index is 11.6. The van der Waals surface area contributed by atoms with Gasteiger partial charge in [-0.15, -0.1) is 0 Å². The van der Waals surface area contributed by atoms with E-state index in [1.54, 1.807) is 14.0 Å². The second-order valence-electron chi connectivity index (χ2n) is 5.08. The highest BCUT2D eigenvalue weighted by Crippen LogP contribution is 2.24. The van der Waals surface area contributed by atoms with E-state index in [0.29, 0.717) is 13.2 Å². The lowest BCUT2D eigenvalue weighted by Crippen LogP contribution is -2.11. The van der Waals surface area contributed by atoms with Crippen molar-refractivity contribution in [2.75, 3.05) is 13.7 Å². The summed E-state index contributed by atoms with van der Waals surface area (Å²) in [4.78, 5) is 11.6. The van der Waals surface area contributed by atoms with Gasteiger partial charge in [-0.2, -0.15) is 0 Å². The van der Waals surface area contributed by atoms with Crippen molar-refractivity contribution < 1.29 is 19.0 Å². The third kappa shape index (κ3) is 5.42. The lowest BCUT2D eigenvalue weighted by atomic mass is 10.1. The molecule has 23 heavy (non-hydrogen) atoms. The Hall–Kier alpha value is -2.33. The third-order valence-corrected chi connectivity index (χ3v) is 3.44. The zero-order valence-electron chi connectivity index (χ0n) is 13.5. The summed E-state index contributed by atoms with van der Waals surface area (Å²) < 4.78 is 16.1. The number of carbonyl (C=O) groups excluding carboxylic acids is 1. The van der Waals surface area contributed by atoms with Crippen LogP contribution in [0, 0.1) is 0 Å². The average molecular weight is 314 g/mol. The molecule has 0 aliphatic heterocycles. The maximum Gasteiger partial charge on any atom is 0.308 e. The van der Waals surface area contributed by atoms with Crippen LogP contribution in [0.2, 0.25) is 0 Å². The molecule has 0 spiro atoms. The van der Waals surface area contributed by atoms with Crippen LogP contribution < -0.4 is 4.74 Å². The van der Waals surface area contributed by atoms with E-state index in [-0.39, 0.29) is 18.5 Å². The van der Waals surface area contributed by atoms with Crippen LogP contribution in [0.4, 0.5) is 0 Å². The molecular formula is C19H22O4. The Morgan fingerprint density at radius 2 is 1.74 bits per heavy atom. The van der Waals surface area contributed by atoms with Crippen molar-refractivity contribution in [2.45, 2.75) is 26.1 Å². The van der Waals surface area contributed by atoms with Gasteiger partial charge in [0.1, 0.15) is 12.4 Å². The highest BCUT2D eigenvalue weighted by atomic mass is 16.5. The zero-order chi connectivity index (χ0) is 16.5. The molecule has 1 unspecified atom stereocenters. The van der Waals surface area contributed by atoms with E-state index in [1.807, 2.05) is 54.6 Å². The third-order valence-electron chi connectivity index (χ3n) is 3.44. The Labute approximate surface area is 137 Å². The molecule has 0 aromatic heterocycles. The molecule has 2 aromatic rings. The van der Waals surface area contributed by atoms with Crippen molar-refractivity contribution in [1.29, 1.82) is 0 Å². The molecule has 0 heterocycles. The Morgan fingerprint density at radius 3 is 2.35 bits per heavy atom. The summed E-state index contributed by atoms with van der Waals surface area (Å²) in [6.45, 7) is 2.69.